The second-order valence-electron chi connectivity index (χ2n) is 5.43. The van der Waals surface area contributed by atoms with Crippen LogP contribution in [0.1, 0.15) is 25.1 Å². The molecule has 2 rings (SSSR count). The van der Waals surface area contributed by atoms with Gasteiger partial charge in [-0.1, -0.05) is 32.0 Å². The van der Waals surface area contributed by atoms with E-state index in [1.807, 2.05) is 31.2 Å². The molecule has 1 aromatic carbocycles. The molecule has 0 spiro atoms. The van der Waals surface area contributed by atoms with Gasteiger partial charge in [0.2, 0.25) is 5.95 Å². The van der Waals surface area contributed by atoms with Gasteiger partial charge in [0.25, 0.3) is 0 Å². The monoisotopic (exact) mass is 270 g/mol. The molecular weight excluding hydrogens is 248 g/mol. The highest BCUT2D eigenvalue weighted by atomic mass is 15.1. The lowest BCUT2D eigenvalue weighted by Crippen LogP contribution is -2.11. The maximum atomic E-state index is 4.51. The van der Waals surface area contributed by atoms with Crippen molar-refractivity contribution in [3.05, 3.63) is 41.6 Å². The van der Waals surface area contributed by atoms with Gasteiger partial charge in [-0.3, -0.25) is 0 Å². The first kappa shape index (κ1) is 14.3. The Bertz CT molecular complexity index is 578. The zero-order chi connectivity index (χ0) is 14.5. The number of aromatic nitrogens is 2. The third kappa shape index (κ3) is 3.95. The highest BCUT2D eigenvalue weighted by molar-refractivity contribution is 5.59. The standard InChI is InChI=1S/C16H22N4/c1-11(2)10-17-15-9-13(4)18-16(20-15)19-14-8-6-5-7-12(14)3/h5-9,11H,10H2,1-4H3,(H2,17,18,19,20). The average molecular weight is 270 g/mol. The summed E-state index contributed by atoms with van der Waals surface area (Å²) in [5.41, 5.74) is 3.16. The van der Waals surface area contributed by atoms with Crippen molar-refractivity contribution >= 4 is 17.5 Å². The molecule has 0 aliphatic carbocycles. The molecule has 0 radical (unpaired) electrons. The molecule has 4 nitrogen and oxygen atoms in total. The molecule has 0 amide bonds. The maximum absolute atomic E-state index is 4.51. The first-order valence-corrected chi connectivity index (χ1v) is 6.97. The van der Waals surface area contributed by atoms with Crippen molar-refractivity contribution in [2.24, 2.45) is 5.92 Å². The largest absolute Gasteiger partial charge is 0.370 e. The third-order valence-corrected chi connectivity index (χ3v) is 2.94. The predicted molar refractivity (Wildman–Crippen MR) is 84.6 cm³/mol. The minimum Gasteiger partial charge on any atom is -0.370 e. The molecule has 0 aliphatic heterocycles. The molecule has 0 atom stereocenters. The second-order valence-corrected chi connectivity index (χ2v) is 5.43. The number of hydrogen-bond donors (Lipinski definition) is 2. The molecule has 20 heavy (non-hydrogen) atoms. The van der Waals surface area contributed by atoms with E-state index in [1.54, 1.807) is 0 Å². The van der Waals surface area contributed by atoms with Gasteiger partial charge in [0, 0.05) is 24.0 Å². The van der Waals surface area contributed by atoms with Crippen LogP contribution in [0.15, 0.2) is 30.3 Å². The Kier molecular flexibility index (Phi) is 4.56. The summed E-state index contributed by atoms with van der Waals surface area (Å²) >= 11 is 0. The Morgan fingerprint density at radius 2 is 1.85 bits per heavy atom. The zero-order valence-corrected chi connectivity index (χ0v) is 12.6. The van der Waals surface area contributed by atoms with E-state index in [0.29, 0.717) is 11.9 Å². The van der Waals surface area contributed by atoms with Crippen LogP contribution in [-0.2, 0) is 0 Å². The quantitative estimate of drug-likeness (QED) is 0.865. The van der Waals surface area contributed by atoms with Crippen molar-refractivity contribution in [3.8, 4) is 0 Å². The first-order chi connectivity index (χ1) is 9.54. The van der Waals surface area contributed by atoms with Gasteiger partial charge in [-0.25, -0.2) is 4.98 Å². The summed E-state index contributed by atoms with van der Waals surface area (Å²) < 4.78 is 0. The van der Waals surface area contributed by atoms with Gasteiger partial charge in [-0.2, -0.15) is 4.98 Å². The number of benzene rings is 1. The minimum absolute atomic E-state index is 0.582. The van der Waals surface area contributed by atoms with Crippen LogP contribution in [-0.4, -0.2) is 16.5 Å². The third-order valence-electron chi connectivity index (χ3n) is 2.94. The average Bonchev–Trinajstić information content (AvgIpc) is 2.38. The molecule has 0 aliphatic rings. The number of rotatable bonds is 5. The number of aryl methyl sites for hydroxylation is 2. The van der Waals surface area contributed by atoms with E-state index in [1.165, 1.54) is 5.56 Å². The van der Waals surface area contributed by atoms with Gasteiger partial charge in [-0.05, 0) is 31.4 Å². The highest BCUT2D eigenvalue weighted by Crippen LogP contribution is 2.19. The summed E-state index contributed by atoms with van der Waals surface area (Å²) in [5, 5.41) is 6.61. The Labute approximate surface area is 120 Å². The number of nitrogens with zero attached hydrogens (tertiary/aromatic N) is 2. The van der Waals surface area contributed by atoms with Crippen LogP contribution in [0, 0.1) is 19.8 Å². The normalized spacial score (nSPS) is 10.7. The van der Waals surface area contributed by atoms with Crippen molar-refractivity contribution in [2.75, 3.05) is 17.2 Å². The van der Waals surface area contributed by atoms with Gasteiger partial charge >= 0.3 is 0 Å². The topological polar surface area (TPSA) is 49.8 Å². The Morgan fingerprint density at radius 3 is 2.55 bits per heavy atom. The molecule has 0 bridgehead atoms. The molecule has 106 valence electrons. The lowest BCUT2D eigenvalue weighted by molar-refractivity contribution is 0.687. The van der Waals surface area contributed by atoms with Crippen LogP contribution in [0.4, 0.5) is 17.5 Å². The van der Waals surface area contributed by atoms with Crippen LogP contribution in [0.5, 0.6) is 0 Å². The molecule has 0 unspecified atom stereocenters. The van der Waals surface area contributed by atoms with Gasteiger partial charge in [0.05, 0.1) is 0 Å². The molecule has 2 aromatic rings. The fraction of sp³-hybridized carbons (Fsp3) is 0.375. The van der Waals surface area contributed by atoms with E-state index in [0.717, 1.165) is 23.7 Å². The Hall–Kier alpha value is -2.10. The lowest BCUT2D eigenvalue weighted by Gasteiger charge is -2.12. The van der Waals surface area contributed by atoms with Crippen LogP contribution in [0.3, 0.4) is 0 Å². The SMILES string of the molecule is Cc1cc(NCC(C)C)nc(Nc2ccccc2C)n1. The Morgan fingerprint density at radius 1 is 1.10 bits per heavy atom. The zero-order valence-electron chi connectivity index (χ0n) is 12.6. The summed E-state index contributed by atoms with van der Waals surface area (Å²) in [4.78, 5) is 8.94. The molecule has 1 aromatic heterocycles. The second kappa shape index (κ2) is 6.37. The van der Waals surface area contributed by atoms with Crippen molar-refractivity contribution in [3.63, 3.8) is 0 Å². The number of nitrogens with one attached hydrogen (secondary N) is 2. The molecule has 1 heterocycles. The molecule has 0 fully saturated rings. The van der Waals surface area contributed by atoms with E-state index >= 15 is 0 Å². The summed E-state index contributed by atoms with van der Waals surface area (Å²) in [5.74, 6) is 2.07. The number of anilines is 3. The van der Waals surface area contributed by atoms with Gasteiger partial charge in [0.1, 0.15) is 5.82 Å². The number of para-hydroxylation sites is 1. The van der Waals surface area contributed by atoms with Crippen LogP contribution >= 0.6 is 0 Å². The first-order valence-electron chi connectivity index (χ1n) is 6.97. The fourth-order valence-corrected chi connectivity index (χ4v) is 1.86. The summed E-state index contributed by atoms with van der Waals surface area (Å²) in [6.45, 7) is 9.29. The molecule has 0 saturated heterocycles. The minimum atomic E-state index is 0.582. The number of hydrogen-bond acceptors (Lipinski definition) is 4. The smallest absolute Gasteiger partial charge is 0.229 e. The van der Waals surface area contributed by atoms with E-state index in [4.69, 9.17) is 0 Å². The molecule has 4 heteroatoms. The van der Waals surface area contributed by atoms with E-state index in [-0.39, 0.29) is 0 Å². The van der Waals surface area contributed by atoms with E-state index < -0.39 is 0 Å². The van der Waals surface area contributed by atoms with Gasteiger partial charge in [-0.15, -0.1) is 0 Å². The summed E-state index contributed by atoms with van der Waals surface area (Å²) in [6, 6.07) is 10.1. The van der Waals surface area contributed by atoms with E-state index in [2.05, 4.69) is 47.4 Å². The van der Waals surface area contributed by atoms with Crippen molar-refractivity contribution in [2.45, 2.75) is 27.7 Å². The van der Waals surface area contributed by atoms with Crippen molar-refractivity contribution in [1.82, 2.24) is 9.97 Å². The molecular formula is C16H22N4. The van der Waals surface area contributed by atoms with Crippen LogP contribution in [0.2, 0.25) is 0 Å². The lowest BCUT2D eigenvalue weighted by atomic mass is 10.2. The van der Waals surface area contributed by atoms with Gasteiger partial charge in [0.15, 0.2) is 0 Å². The van der Waals surface area contributed by atoms with Gasteiger partial charge < -0.3 is 10.6 Å². The molecule has 2 N–H and O–H groups in total. The predicted octanol–water partition coefficient (Wildman–Crippen LogP) is 3.90. The highest BCUT2D eigenvalue weighted by Gasteiger charge is 2.04. The maximum Gasteiger partial charge on any atom is 0.229 e. The summed E-state index contributed by atoms with van der Waals surface area (Å²) in [6.07, 6.45) is 0. The molecule has 0 saturated carbocycles. The fourth-order valence-electron chi connectivity index (χ4n) is 1.86. The van der Waals surface area contributed by atoms with Crippen LogP contribution in [0.25, 0.3) is 0 Å². The summed E-state index contributed by atoms with van der Waals surface area (Å²) in [7, 11) is 0. The Balaban J connectivity index is 2.17. The van der Waals surface area contributed by atoms with Crippen molar-refractivity contribution in [1.29, 1.82) is 0 Å². The van der Waals surface area contributed by atoms with Crippen LogP contribution < -0.4 is 10.6 Å². The van der Waals surface area contributed by atoms with E-state index in [9.17, 15) is 0 Å². The van der Waals surface area contributed by atoms with Crippen molar-refractivity contribution < 1.29 is 0 Å².